The maximum Gasteiger partial charge on any atom is 0.302 e. The van der Waals surface area contributed by atoms with E-state index in [0.29, 0.717) is 13.0 Å². The van der Waals surface area contributed by atoms with Crippen molar-refractivity contribution in [2.45, 2.75) is 77.9 Å². The van der Waals surface area contributed by atoms with Gasteiger partial charge in [-0.15, -0.1) is 0 Å². The van der Waals surface area contributed by atoms with Crippen LogP contribution in [0.3, 0.4) is 0 Å². The molecule has 0 amide bonds. The molecule has 2 aliphatic rings. The van der Waals surface area contributed by atoms with Gasteiger partial charge in [-0.3, -0.25) is 4.79 Å². The molecule has 0 spiro atoms. The summed E-state index contributed by atoms with van der Waals surface area (Å²) < 4.78 is 5.39. The van der Waals surface area contributed by atoms with Crippen molar-refractivity contribution in [1.29, 1.82) is 0 Å². The summed E-state index contributed by atoms with van der Waals surface area (Å²) in [6, 6.07) is 0. The monoisotopic (exact) mass is 364 g/mol. The van der Waals surface area contributed by atoms with Crippen molar-refractivity contribution >= 4 is 5.97 Å². The molecule has 0 bridgehead atoms. The number of hydrogen-bond donors (Lipinski definition) is 2. The highest BCUT2D eigenvalue weighted by atomic mass is 16.5. The summed E-state index contributed by atoms with van der Waals surface area (Å²) in [6.07, 6.45) is 6.04. The smallest absolute Gasteiger partial charge is 0.302 e. The van der Waals surface area contributed by atoms with Gasteiger partial charge in [0, 0.05) is 18.8 Å². The third kappa shape index (κ3) is 3.91. The Morgan fingerprint density at radius 2 is 1.96 bits per heavy atom. The van der Waals surface area contributed by atoms with E-state index in [1.807, 2.05) is 6.92 Å². The lowest BCUT2D eigenvalue weighted by atomic mass is 9.44. The molecular formula is C22H36O4. The van der Waals surface area contributed by atoms with Crippen molar-refractivity contribution < 1.29 is 19.7 Å². The second-order valence-corrected chi connectivity index (χ2v) is 9.35. The number of carbonyl (C=O) groups is 1. The Hall–Kier alpha value is -1.13. The van der Waals surface area contributed by atoms with Gasteiger partial charge in [-0.1, -0.05) is 45.1 Å². The molecule has 148 valence electrons. The summed E-state index contributed by atoms with van der Waals surface area (Å²) in [5.74, 6) is -0.239. The molecule has 0 aromatic carbocycles. The lowest BCUT2D eigenvalue weighted by Crippen LogP contribution is -2.64. The van der Waals surface area contributed by atoms with Crippen molar-refractivity contribution in [3.8, 4) is 0 Å². The van der Waals surface area contributed by atoms with E-state index in [0.717, 1.165) is 37.7 Å². The Labute approximate surface area is 158 Å². The number of hydrogen-bond acceptors (Lipinski definition) is 4. The average molecular weight is 365 g/mol. The van der Waals surface area contributed by atoms with Crippen molar-refractivity contribution in [2.75, 3.05) is 6.61 Å². The number of carbonyl (C=O) groups excluding carboxylic acids is 1. The van der Waals surface area contributed by atoms with E-state index in [9.17, 15) is 15.0 Å². The lowest BCUT2D eigenvalue weighted by molar-refractivity contribution is -0.225. The first kappa shape index (κ1) is 21.2. The quantitative estimate of drug-likeness (QED) is 0.552. The number of aliphatic hydroxyl groups is 2. The fourth-order valence-electron chi connectivity index (χ4n) is 6.17. The molecule has 0 heterocycles. The van der Waals surface area contributed by atoms with E-state index in [1.165, 1.54) is 6.92 Å². The first-order chi connectivity index (χ1) is 12.0. The molecule has 6 atom stereocenters. The maximum atomic E-state index is 11.4. The first-order valence-corrected chi connectivity index (χ1v) is 9.80. The summed E-state index contributed by atoms with van der Waals surface area (Å²) in [6.45, 7) is 15.8. The molecule has 2 fully saturated rings. The van der Waals surface area contributed by atoms with Gasteiger partial charge in [-0.05, 0) is 49.9 Å². The predicted molar refractivity (Wildman–Crippen MR) is 103 cm³/mol. The molecule has 2 aliphatic carbocycles. The lowest BCUT2D eigenvalue weighted by Gasteiger charge is -2.63. The van der Waals surface area contributed by atoms with Crippen LogP contribution in [0.5, 0.6) is 0 Å². The van der Waals surface area contributed by atoms with Crippen LogP contribution < -0.4 is 0 Å². The molecule has 4 nitrogen and oxygen atoms in total. The second-order valence-electron chi connectivity index (χ2n) is 9.35. The van der Waals surface area contributed by atoms with Gasteiger partial charge in [-0.25, -0.2) is 0 Å². The summed E-state index contributed by atoms with van der Waals surface area (Å²) in [4.78, 5) is 11.4. The Morgan fingerprint density at radius 3 is 2.54 bits per heavy atom. The van der Waals surface area contributed by atoms with Gasteiger partial charge in [0.2, 0.25) is 0 Å². The zero-order valence-electron chi connectivity index (χ0n) is 16.9. The van der Waals surface area contributed by atoms with Crippen molar-refractivity contribution in [2.24, 2.45) is 22.7 Å². The molecule has 4 heteroatoms. The first-order valence-electron chi connectivity index (χ1n) is 9.80. The molecule has 0 radical (unpaired) electrons. The number of fused-ring (bicyclic) bond motifs is 1. The van der Waals surface area contributed by atoms with Crippen LogP contribution in [0.2, 0.25) is 0 Å². The van der Waals surface area contributed by atoms with E-state index in [2.05, 4.69) is 27.0 Å². The van der Waals surface area contributed by atoms with Crippen molar-refractivity contribution in [3.05, 3.63) is 24.8 Å². The summed E-state index contributed by atoms with van der Waals surface area (Å²) in [5, 5.41) is 22.2. The van der Waals surface area contributed by atoms with Crippen LogP contribution >= 0.6 is 0 Å². The van der Waals surface area contributed by atoms with E-state index in [-0.39, 0.29) is 28.6 Å². The van der Waals surface area contributed by atoms with Crippen LogP contribution in [0.15, 0.2) is 24.8 Å². The van der Waals surface area contributed by atoms with Crippen molar-refractivity contribution in [1.82, 2.24) is 0 Å². The molecule has 0 saturated heterocycles. The number of ether oxygens (including phenoxy) is 1. The van der Waals surface area contributed by atoms with Crippen molar-refractivity contribution in [3.63, 3.8) is 0 Å². The van der Waals surface area contributed by atoms with Crippen LogP contribution in [-0.4, -0.2) is 34.5 Å². The number of allylic oxidation sites excluding steroid dienone is 2. The molecule has 0 aromatic rings. The minimum atomic E-state index is -0.925. The molecule has 2 rings (SSSR count). The predicted octanol–water partition coefficient (Wildman–Crippen LogP) is 4.02. The highest BCUT2D eigenvalue weighted by molar-refractivity contribution is 5.65. The zero-order chi connectivity index (χ0) is 19.8. The van der Waals surface area contributed by atoms with Gasteiger partial charge in [0.25, 0.3) is 0 Å². The molecule has 0 aromatic heterocycles. The summed E-state index contributed by atoms with van der Waals surface area (Å²) >= 11 is 0. The van der Waals surface area contributed by atoms with E-state index < -0.39 is 11.7 Å². The van der Waals surface area contributed by atoms with Gasteiger partial charge in [0.05, 0.1) is 18.3 Å². The van der Waals surface area contributed by atoms with Crippen LogP contribution in [0.4, 0.5) is 0 Å². The number of esters is 1. The summed E-state index contributed by atoms with van der Waals surface area (Å²) in [5.41, 5.74) is -0.435. The zero-order valence-corrected chi connectivity index (χ0v) is 16.9. The standard InChI is InChI=1S/C22H36O4/c1-7-15(2)9-10-18-21(5)12-8-11-20(4,14-26-16(3)23)19(21)17(24)13-22(18,6)25/h7,17-19,24-25H,1-2,8-14H2,3-6H3/t17-,18+,19-,20-,21+,22+/m1/s1. The van der Waals surface area contributed by atoms with Gasteiger partial charge in [-0.2, -0.15) is 0 Å². The SMILES string of the molecule is C=CC(=C)CC[C@H]1[C@]2(C)CCC[C@](C)(COC(C)=O)[C@H]2[C@H](O)C[C@]1(C)O. The largest absolute Gasteiger partial charge is 0.465 e. The highest BCUT2D eigenvalue weighted by Crippen LogP contribution is 2.63. The fraction of sp³-hybridized carbons (Fsp3) is 0.773. The van der Waals surface area contributed by atoms with E-state index in [1.54, 1.807) is 6.08 Å². The molecule has 2 N–H and O–H groups in total. The molecule has 2 saturated carbocycles. The third-order valence-electron chi connectivity index (χ3n) is 7.13. The Kier molecular flexibility index (Phi) is 6.09. The average Bonchev–Trinajstić information content (AvgIpc) is 2.50. The van der Waals surface area contributed by atoms with Crippen LogP contribution in [0, 0.1) is 22.7 Å². The third-order valence-corrected chi connectivity index (χ3v) is 7.13. The second kappa shape index (κ2) is 7.47. The van der Waals surface area contributed by atoms with Gasteiger partial charge in [0.15, 0.2) is 0 Å². The molecule has 0 aliphatic heterocycles. The van der Waals surface area contributed by atoms with Crippen LogP contribution in [0.1, 0.15) is 66.2 Å². The fourth-order valence-corrected chi connectivity index (χ4v) is 6.17. The van der Waals surface area contributed by atoms with Crippen LogP contribution in [-0.2, 0) is 9.53 Å². The molecule has 0 unspecified atom stereocenters. The summed E-state index contributed by atoms with van der Waals surface area (Å²) in [7, 11) is 0. The minimum Gasteiger partial charge on any atom is -0.465 e. The number of rotatable bonds is 6. The molecule has 26 heavy (non-hydrogen) atoms. The topological polar surface area (TPSA) is 66.8 Å². The molecular weight excluding hydrogens is 328 g/mol. The van der Waals surface area contributed by atoms with Gasteiger partial charge < -0.3 is 14.9 Å². The highest BCUT2D eigenvalue weighted by Gasteiger charge is 2.62. The van der Waals surface area contributed by atoms with E-state index in [4.69, 9.17) is 4.74 Å². The Bertz CT molecular complexity index is 566. The minimum absolute atomic E-state index is 0.00896. The van der Waals surface area contributed by atoms with Gasteiger partial charge in [0.1, 0.15) is 0 Å². The number of aliphatic hydroxyl groups excluding tert-OH is 1. The Morgan fingerprint density at radius 1 is 1.31 bits per heavy atom. The maximum absolute atomic E-state index is 11.4. The Balaban J connectivity index is 2.36. The van der Waals surface area contributed by atoms with Gasteiger partial charge >= 0.3 is 5.97 Å². The normalized spacial score (nSPS) is 42.6. The van der Waals surface area contributed by atoms with E-state index >= 15 is 0 Å². The van der Waals surface area contributed by atoms with Crippen LogP contribution in [0.25, 0.3) is 0 Å².